The predicted molar refractivity (Wildman–Crippen MR) is 77.6 cm³/mol. The van der Waals surface area contributed by atoms with E-state index in [1.165, 1.54) is 13.2 Å². The molecule has 0 amide bonds. The molecule has 0 spiro atoms. The van der Waals surface area contributed by atoms with Gasteiger partial charge >= 0.3 is 0 Å². The standard InChI is InChI=1S/C17H17F2NO/c1-21-15-7-2-4-12(16(15)19)9-17(10-20-11-17)13-5-3-6-14(18)8-13/h2-8,20H,9-11H2,1H3. The van der Waals surface area contributed by atoms with E-state index in [-0.39, 0.29) is 22.8 Å². The van der Waals surface area contributed by atoms with Gasteiger partial charge in [0.05, 0.1) is 7.11 Å². The first-order valence-electron chi connectivity index (χ1n) is 6.93. The van der Waals surface area contributed by atoms with Crippen LogP contribution in [0.5, 0.6) is 5.75 Å². The summed E-state index contributed by atoms with van der Waals surface area (Å²) in [7, 11) is 1.45. The monoisotopic (exact) mass is 289 g/mol. The van der Waals surface area contributed by atoms with Crippen molar-refractivity contribution in [1.29, 1.82) is 0 Å². The first kappa shape index (κ1) is 14.0. The van der Waals surface area contributed by atoms with Crippen molar-refractivity contribution in [3.63, 3.8) is 0 Å². The molecular weight excluding hydrogens is 272 g/mol. The second-order valence-corrected chi connectivity index (χ2v) is 5.50. The molecule has 1 fully saturated rings. The number of hydrogen-bond acceptors (Lipinski definition) is 2. The number of hydrogen-bond donors (Lipinski definition) is 1. The third-order valence-electron chi connectivity index (χ3n) is 4.16. The highest BCUT2D eigenvalue weighted by Gasteiger charge is 2.39. The van der Waals surface area contributed by atoms with Gasteiger partial charge in [0.1, 0.15) is 5.82 Å². The molecule has 0 saturated carbocycles. The van der Waals surface area contributed by atoms with Crippen molar-refractivity contribution in [3.05, 3.63) is 65.2 Å². The molecule has 2 nitrogen and oxygen atoms in total. The Labute approximate surface area is 122 Å². The molecule has 1 saturated heterocycles. The number of rotatable bonds is 4. The Morgan fingerprint density at radius 3 is 2.52 bits per heavy atom. The van der Waals surface area contributed by atoms with Crippen LogP contribution in [0, 0.1) is 11.6 Å². The molecule has 1 aliphatic heterocycles. The highest BCUT2D eigenvalue weighted by atomic mass is 19.1. The highest BCUT2D eigenvalue weighted by molar-refractivity contribution is 5.37. The topological polar surface area (TPSA) is 21.3 Å². The molecule has 0 aliphatic carbocycles. The van der Waals surface area contributed by atoms with Gasteiger partial charge in [0, 0.05) is 18.5 Å². The van der Waals surface area contributed by atoms with Gasteiger partial charge in [-0.15, -0.1) is 0 Å². The van der Waals surface area contributed by atoms with E-state index in [1.54, 1.807) is 30.3 Å². The Balaban J connectivity index is 1.95. The average Bonchev–Trinajstić information content (AvgIpc) is 2.44. The lowest BCUT2D eigenvalue weighted by Crippen LogP contribution is -2.58. The summed E-state index contributed by atoms with van der Waals surface area (Å²) in [5, 5.41) is 3.21. The first-order chi connectivity index (χ1) is 10.1. The van der Waals surface area contributed by atoms with Gasteiger partial charge in [0.25, 0.3) is 0 Å². The molecule has 1 N–H and O–H groups in total. The molecule has 0 bridgehead atoms. The zero-order chi connectivity index (χ0) is 14.9. The third-order valence-corrected chi connectivity index (χ3v) is 4.16. The van der Waals surface area contributed by atoms with Crippen LogP contribution in [0.25, 0.3) is 0 Å². The normalized spacial score (nSPS) is 16.3. The van der Waals surface area contributed by atoms with Gasteiger partial charge in [-0.25, -0.2) is 8.78 Å². The molecule has 4 heteroatoms. The summed E-state index contributed by atoms with van der Waals surface area (Å²) in [4.78, 5) is 0. The van der Waals surface area contributed by atoms with Crippen LogP contribution in [0.3, 0.4) is 0 Å². The van der Waals surface area contributed by atoms with Crippen molar-refractivity contribution in [2.24, 2.45) is 0 Å². The van der Waals surface area contributed by atoms with Gasteiger partial charge in [-0.3, -0.25) is 0 Å². The SMILES string of the molecule is COc1cccc(CC2(c3cccc(F)c3)CNC2)c1F. The lowest BCUT2D eigenvalue weighted by molar-refractivity contribution is 0.270. The summed E-state index contributed by atoms with van der Waals surface area (Å²) in [6, 6.07) is 11.7. The maximum absolute atomic E-state index is 14.3. The van der Waals surface area contributed by atoms with E-state index in [1.807, 2.05) is 6.07 Å². The van der Waals surface area contributed by atoms with Crippen molar-refractivity contribution < 1.29 is 13.5 Å². The largest absolute Gasteiger partial charge is 0.494 e. The summed E-state index contributed by atoms with van der Waals surface area (Å²) in [5.74, 6) is -0.346. The summed E-state index contributed by atoms with van der Waals surface area (Å²) in [6.45, 7) is 1.43. The molecule has 2 aromatic carbocycles. The van der Waals surface area contributed by atoms with Crippen molar-refractivity contribution in [1.82, 2.24) is 5.32 Å². The lowest BCUT2D eigenvalue weighted by Gasteiger charge is -2.43. The predicted octanol–water partition coefficient (Wildman–Crippen LogP) is 3.06. The molecule has 3 rings (SSSR count). The molecule has 1 heterocycles. The van der Waals surface area contributed by atoms with E-state index >= 15 is 0 Å². The molecular formula is C17H17F2NO. The number of nitrogens with one attached hydrogen (secondary N) is 1. The molecule has 0 atom stereocenters. The van der Waals surface area contributed by atoms with E-state index in [2.05, 4.69) is 5.32 Å². The fourth-order valence-corrected chi connectivity index (χ4v) is 2.89. The van der Waals surface area contributed by atoms with E-state index in [4.69, 9.17) is 4.74 Å². The lowest BCUT2D eigenvalue weighted by atomic mass is 9.71. The van der Waals surface area contributed by atoms with Crippen molar-refractivity contribution in [2.75, 3.05) is 20.2 Å². The van der Waals surface area contributed by atoms with Crippen LogP contribution < -0.4 is 10.1 Å². The molecule has 0 unspecified atom stereocenters. The smallest absolute Gasteiger partial charge is 0.168 e. The second kappa shape index (κ2) is 5.45. The van der Waals surface area contributed by atoms with Crippen LogP contribution in [0.2, 0.25) is 0 Å². The van der Waals surface area contributed by atoms with Crippen LogP contribution >= 0.6 is 0 Å². The Hall–Kier alpha value is -1.94. The minimum absolute atomic E-state index is 0.245. The van der Waals surface area contributed by atoms with Crippen molar-refractivity contribution in [2.45, 2.75) is 11.8 Å². The minimum atomic E-state index is -0.331. The molecule has 21 heavy (non-hydrogen) atoms. The number of halogens is 2. The zero-order valence-corrected chi connectivity index (χ0v) is 11.8. The Morgan fingerprint density at radius 1 is 1.14 bits per heavy atom. The van der Waals surface area contributed by atoms with Gasteiger partial charge in [0.15, 0.2) is 11.6 Å². The molecule has 2 aromatic rings. The summed E-state index contributed by atoms with van der Waals surface area (Å²) in [6.07, 6.45) is 0.520. The van der Waals surface area contributed by atoms with Gasteiger partial charge in [0.2, 0.25) is 0 Å². The van der Waals surface area contributed by atoms with Gasteiger partial charge in [-0.2, -0.15) is 0 Å². The molecule has 0 radical (unpaired) electrons. The van der Waals surface area contributed by atoms with Gasteiger partial charge in [-0.05, 0) is 35.7 Å². The maximum atomic E-state index is 14.3. The van der Waals surface area contributed by atoms with E-state index in [9.17, 15) is 8.78 Å². The van der Waals surface area contributed by atoms with Crippen LogP contribution in [0.15, 0.2) is 42.5 Å². The Morgan fingerprint density at radius 2 is 1.90 bits per heavy atom. The van der Waals surface area contributed by atoms with Crippen LogP contribution in [0.4, 0.5) is 8.78 Å². The van der Waals surface area contributed by atoms with Crippen LogP contribution in [0.1, 0.15) is 11.1 Å². The summed E-state index contributed by atoms with van der Waals surface area (Å²) < 4.78 is 32.8. The van der Waals surface area contributed by atoms with Crippen LogP contribution in [-0.4, -0.2) is 20.2 Å². The summed E-state index contributed by atoms with van der Waals surface area (Å²) in [5.41, 5.74) is 1.25. The maximum Gasteiger partial charge on any atom is 0.168 e. The van der Waals surface area contributed by atoms with Crippen molar-refractivity contribution in [3.8, 4) is 5.75 Å². The van der Waals surface area contributed by atoms with E-state index in [0.29, 0.717) is 25.1 Å². The van der Waals surface area contributed by atoms with Crippen molar-refractivity contribution >= 4 is 0 Å². The third kappa shape index (κ3) is 2.51. The Bertz CT molecular complexity index is 653. The Kier molecular flexibility index (Phi) is 3.64. The minimum Gasteiger partial charge on any atom is -0.494 e. The molecule has 1 aliphatic rings. The van der Waals surface area contributed by atoms with E-state index in [0.717, 1.165) is 5.56 Å². The quantitative estimate of drug-likeness (QED) is 0.934. The average molecular weight is 289 g/mol. The molecule has 110 valence electrons. The number of benzene rings is 2. The fourth-order valence-electron chi connectivity index (χ4n) is 2.89. The van der Waals surface area contributed by atoms with Gasteiger partial charge < -0.3 is 10.1 Å². The first-order valence-corrected chi connectivity index (χ1v) is 6.93. The number of methoxy groups -OCH3 is 1. The molecule has 0 aromatic heterocycles. The van der Waals surface area contributed by atoms with E-state index < -0.39 is 0 Å². The summed E-state index contributed by atoms with van der Waals surface area (Å²) >= 11 is 0. The fraction of sp³-hybridized carbons (Fsp3) is 0.294. The highest BCUT2D eigenvalue weighted by Crippen LogP contribution is 2.34. The second-order valence-electron chi connectivity index (χ2n) is 5.50. The zero-order valence-electron chi connectivity index (χ0n) is 11.8. The number of ether oxygens (including phenoxy) is 1. The van der Waals surface area contributed by atoms with Crippen LogP contribution in [-0.2, 0) is 11.8 Å². The van der Waals surface area contributed by atoms with Gasteiger partial charge in [-0.1, -0.05) is 24.3 Å².